The summed E-state index contributed by atoms with van der Waals surface area (Å²) in [7, 11) is 0. The van der Waals surface area contributed by atoms with Crippen LogP contribution in [-0.2, 0) is 19.5 Å². The molecule has 5 rings (SSSR count). The minimum Gasteiger partial charge on any atom is -0.357 e. The largest absolute Gasteiger partial charge is 0.357 e. The third-order valence-electron chi connectivity index (χ3n) is 5.77. The third-order valence-corrected chi connectivity index (χ3v) is 5.77. The molecule has 2 aromatic heterocycles. The molecule has 1 aromatic carbocycles. The highest BCUT2D eigenvalue weighted by atomic mass is 16.2. The first-order valence-electron chi connectivity index (χ1n) is 9.76. The van der Waals surface area contributed by atoms with Crippen molar-refractivity contribution in [2.75, 3.05) is 19.6 Å². The summed E-state index contributed by atoms with van der Waals surface area (Å²) in [5.41, 5.74) is 4.06. The van der Waals surface area contributed by atoms with E-state index in [2.05, 4.69) is 38.8 Å². The normalized spacial score (nSPS) is 20.0. The number of benzene rings is 1. The zero-order chi connectivity index (χ0) is 18.2. The summed E-state index contributed by atoms with van der Waals surface area (Å²) in [5, 5.41) is 13.0. The number of piperidine rings is 1. The lowest BCUT2D eigenvalue weighted by Crippen LogP contribution is -2.36. The molecule has 0 radical (unpaired) electrons. The number of H-pyrrole nitrogens is 1. The number of nitrogens with one attached hydrogen (secondary N) is 2. The number of rotatable bonds is 3. The van der Waals surface area contributed by atoms with Gasteiger partial charge in [-0.1, -0.05) is 23.4 Å². The highest BCUT2D eigenvalue weighted by molar-refractivity contribution is 5.92. The van der Waals surface area contributed by atoms with Crippen LogP contribution in [0.1, 0.15) is 34.6 Å². The molecule has 0 unspecified atom stereocenters. The number of amides is 1. The predicted octanol–water partition coefficient (Wildman–Crippen LogP) is 1.96. The maximum atomic E-state index is 12.9. The van der Waals surface area contributed by atoms with Crippen LogP contribution in [0.2, 0.25) is 0 Å². The maximum absolute atomic E-state index is 12.9. The number of hydrogen-bond acceptors (Lipinski definition) is 4. The lowest BCUT2D eigenvalue weighted by molar-refractivity contribution is 0.0727. The Morgan fingerprint density at radius 1 is 1.30 bits per heavy atom. The zero-order valence-electron chi connectivity index (χ0n) is 15.3. The molecule has 7 heteroatoms. The van der Waals surface area contributed by atoms with E-state index >= 15 is 0 Å². The van der Waals surface area contributed by atoms with E-state index in [1.165, 1.54) is 23.8 Å². The Balaban J connectivity index is 1.30. The summed E-state index contributed by atoms with van der Waals surface area (Å²) in [6.07, 6.45) is 5.07. The van der Waals surface area contributed by atoms with E-state index in [9.17, 15) is 4.79 Å². The number of carbonyl (C=O) groups is 1. The van der Waals surface area contributed by atoms with E-state index in [-0.39, 0.29) is 5.91 Å². The topological polar surface area (TPSA) is 78.8 Å². The summed E-state index contributed by atoms with van der Waals surface area (Å²) in [4.78, 5) is 18.3. The second-order valence-electron chi connectivity index (χ2n) is 7.64. The molecule has 1 saturated heterocycles. The average molecular weight is 364 g/mol. The van der Waals surface area contributed by atoms with Gasteiger partial charge < -0.3 is 15.2 Å². The molecular weight excluding hydrogens is 340 g/mol. The molecule has 2 N–H and O–H groups in total. The Labute approximate surface area is 157 Å². The number of aromatic amines is 1. The number of carbonyl (C=O) groups excluding carboxylic acids is 1. The van der Waals surface area contributed by atoms with E-state index < -0.39 is 0 Å². The molecule has 0 saturated carbocycles. The van der Waals surface area contributed by atoms with Gasteiger partial charge in [0.1, 0.15) is 0 Å². The first kappa shape index (κ1) is 16.5. The Bertz CT molecular complexity index is 968. The first-order chi connectivity index (χ1) is 13.3. The molecule has 4 heterocycles. The fraction of sp³-hybridized carbons (Fsp3) is 0.450. The van der Waals surface area contributed by atoms with Gasteiger partial charge in [-0.2, -0.15) is 0 Å². The van der Waals surface area contributed by atoms with Crippen molar-refractivity contribution in [2.24, 2.45) is 5.92 Å². The highest BCUT2D eigenvalue weighted by Crippen LogP contribution is 2.27. The van der Waals surface area contributed by atoms with Crippen LogP contribution >= 0.6 is 0 Å². The van der Waals surface area contributed by atoms with E-state index in [1.54, 1.807) is 6.20 Å². The van der Waals surface area contributed by atoms with Crippen LogP contribution in [0.4, 0.5) is 0 Å². The van der Waals surface area contributed by atoms with Crippen LogP contribution in [0.25, 0.3) is 10.9 Å². The van der Waals surface area contributed by atoms with Gasteiger partial charge >= 0.3 is 0 Å². The second kappa shape index (κ2) is 6.81. The minimum atomic E-state index is -0.0349. The lowest BCUT2D eigenvalue weighted by Gasteiger charge is -2.26. The molecule has 2 aliphatic heterocycles. The summed E-state index contributed by atoms with van der Waals surface area (Å²) >= 11 is 0. The third kappa shape index (κ3) is 3.12. The SMILES string of the molecule is O=C(c1cn(C[C@H]2CCCNC2)nn1)N1CCc2c([nH]c3ccccc23)C1. The predicted molar refractivity (Wildman–Crippen MR) is 102 cm³/mol. The second-order valence-corrected chi connectivity index (χ2v) is 7.64. The smallest absolute Gasteiger partial charge is 0.276 e. The van der Waals surface area contributed by atoms with Gasteiger partial charge in [-0.3, -0.25) is 9.48 Å². The number of fused-ring (bicyclic) bond motifs is 3. The van der Waals surface area contributed by atoms with Crippen molar-refractivity contribution in [2.45, 2.75) is 32.4 Å². The molecular formula is C20H24N6O. The molecule has 0 spiro atoms. The zero-order valence-corrected chi connectivity index (χ0v) is 15.3. The van der Waals surface area contributed by atoms with E-state index in [1.807, 2.05) is 15.6 Å². The van der Waals surface area contributed by atoms with Gasteiger partial charge in [0.15, 0.2) is 5.69 Å². The summed E-state index contributed by atoms with van der Waals surface area (Å²) in [6.45, 7) is 4.25. The molecule has 27 heavy (non-hydrogen) atoms. The minimum absolute atomic E-state index is 0.0349. The molecule has 1 amide bonds. The van der Waals surface area contributed by atoms with E-state index in [0.717, 1.165) is 37.3 Å². The number of para-hydroxylation sites is 1. The van der Waals surface area contributed by atoms with Crippen molar-refractivity contribution in [3.63, 3.8) is 0 Å². The van der Waals surface area contributed by atoms with Crippen molar-refractivity contribution in [1.82, 2.24) is 30.2 Å². The van der Waals surface area contributed by atoms with Gasteiger partial charge in [0.25, 0.3) is 5.91 Å². The lowest BCUT2D eigenvalue weighted by atomic mass is 10.00. The molecule has 140 valence electrons. The highest BCUT2D eigenvalue weighted by Gasteiger charge is 2.26. The van der Waals surface area contributed by atoms with Crippen LogP contribution in [0, 0.1) is 5.92 Å². The Morgan fingerprint density at radius 2 is 2.22 bits per heavy atom. The van der Waals surface area contributed by atoms with Gasteiger partial charge in [-0.05, 0) is 49.9 Å². The maximum Gasteiger partial charge on any atom is 0.276 e. The Morgan fingerprint density at radius 3 is 3.11 bits per heavy atom. The fourth-order valence-corrected chi connectivity index (χ4v) is 4.36. The van der Waals surface area contributed by atoms with Crippen molar-refractivity contribution >= 4 is 16.8 Å². The Kier molecular flexibility index (Phi) is 4.16. The molecule has 0 aliphatic carbocycles. The van der Waals surface area contributed by atoms with Crippen LogP contribution in [0.15, 0.2) is 30.5 Å². The summed E-state index contributed by atoms with van der Waals surface area (Å²) < 4.78 is 1.82. The van der Waals surface area contributed by atoms with Crippen molar-refractivity contribution in [3.05, 3.63) is 47.4 Å². The molecule has 7 nitrogen and oxygen atoms in total. The summed E-state index contributed by atoms with van der Waals surface area (Å²) in [6, 6.07) is 8.33. The fourth-order valence-electron chi connectivity index (χ4n) is 4.36. The molecule has 2 aliphatic rings. The van der Waals surface area contributed by atoms with Crippen LogP contribution in [-0.4, -0.2) is 50.4 Å². The molecule has 0 bridgehead atoms. The van der Waals surface area contributed by atoms with Crippen LogP contribution in [0.5, 0.6) is 0 Å². The Hall–Kier alpha value is -2.67. The van der Waals surface area contributed by atoms with Crippen molar-refractivity contribution in [3.8, 4) is 0 Å². The summed E-state index contributed by atoms with van der Waals surface area (Å²) in [5.74, 6) is 0.527. The van der Waals surface area contributed by atoms with Crippen LogP contribution in [0.3, 0.4) is 0 Å². The van der Waals surface area contributed by atoms with Crippen molar-refractivity contribution < 1.29 is 4.79 Å². The van der Waals surface area contributed by atoms with Gasteiger partial charge in [-0.15, -0.1) is 5.10 Å². The van der Waals surface area contributed by atoms with E-state index in [4.69, 9.17) is 0 Å². The van der Waals surface area contributed by atoms with Crippen molar-refractivity contribution in [1.29, 1.82) is 0 Å². The van der Waals surface area contributed by atoms with Gasteiger partial charge in [0.05, 0.1) is 12.7 Å². The monoisotopic (exact) mass is 364 g/mol. The standard InChI is InChI=1S/C20H24N6O/c27-20(19-13-26(24-23-19)11-14-4-3-8-21-10-14)25-9-7-16-15-5-1-2-6-17(15)22-18(16)12-25/h1-2,5-6,13-14,21-22H,3-4,7-12H2/t14-/m0/s1. The van der Waals surface area contributed by atoms with E-state index in [0.29, 0.717) is 24.7 Å². The number of hydrogen-bond donors (Lipinski definition) is 2. The van der Waals surface area contributed by atoms with Gasteiger partial charge in [0, 0.05) is 29.7 Å². The molecule has 3 aromatic rings. The van der Waals surface area contributed by atoms with Gasteiger partial charge in [0.2, 0.25) is 0 Å². The first-order valence-corrected chi connectivity index (χ1v) is 9.76. The molecule has 1 fully saturated rings. The number of aromatic nitrogens is 4. The van der Waals surface area contributed by atoms with Gasteiger partial charge in [-0.25, -0.2) is 0 Å². The van der Waals surface area contributed by atoms with Crippen LogP contribution < -0.4 is 5.32 Å². The number of nitrogens with zero attached hydrogens (tertiary/aromatic N) is 4. The quantitative estimate of drug-likeness (QED) is 0.745. The average Bonchev–Trinajstić information content (AvgIpc) is 3.32. The molecule has 1 atom stereocenters.